The molecule has 0 N–H and O–H groups in total. The van der Waals surface area contributed by atoms with Gasteiger partial charge in [0.25, 0.3) is 0 Å². The van der Waals surface area contributed by atoms with Crippen LogP contribution in [-0.4, -0.2) is 29.1 Å². The Balaban J connectivity index is 4.48. The van der Waals surface area contributed by atoms with E-state index >= 15 is 0 Å². The maximum absolute atomic E-state index is 5.91. The number of unbranched alkanes of at least 4 members (excludes halogenated alkanes) is 1. The van der Waals surface area contributed by atoms with Gasteiger partial charge in [0.1, 0.15) is 0 Å². The highest BCUT2D eigenvalue weighted by Crippen LogP contribution is 2.63. The Hall–Kier alpha value is 0.850. The Morgan fingerprint density at radius 3 is 2.56 bits per heavy atom. The van der Waals surface area contributed by atoms with Crippen LogP contribution in [0.15, 0.2) is 0 Å². The van der Waals surface area contributed by atoms with Crippen molar-refractivity contribution in [1.29, 1.82) is 0 Å². The van der Waals surface area contributed by atoms with Gasteiger partial charge in [-0.3, -0.25) is 0 Å². The van der Waals surface area contributed by atoms with Crippen molar-refractivity contribution < 1.29 is 4.52 Å². The molecule has 0 aliphatic rings. The first kappa shape index (κ1) is 16.9. The zero-order valence-electron chi connectivity index (χ0n) is 10.5. The summed E-state index contributed by atoms with van der Waals surface area (Å²) >= 11 is 12.4. The minimum absolute atomic E-state index is 0.518. The van der Waals surface area contributed by atoms with E-state index in [1.54, 1.807) is 16.9 Å². The van der Waals surface area contributed by atoms with Crippen molar-refractivity contribution >= 4 is 46.5 Å². The maximum Gasteiger partial charge on any atom is 0.213 e. The summed E-state index contributed by atoms with van der Waals surface area (Å²) in [6, 6.07) is 0. The lowest BCUT2D eigenvalue weighted by Crippen LogP contribution is -2.13. The van der Waals surface area contributed by atoms with E-state index in [1.165, 1.54) is 0 Å². The third kappa shape index (κ3) is 5.97. The number of thiocarbonyl (C=S) groups is 1. The van der Waals surface area contributed by atoms with Crippen molar-refractivity contribution in [2.75, 3.05) is 13.7 Å². The van der Waals surface area contributed by atoms with Gasteiger partial charge in [0.15, 0.2) is 0 Å². The lowest BCUT2D eigenvalue weighted by Gasteiger charge is -2.30. The van der Waals surface area contributed by atoms with Crippen LogP contribution in [0.5, 0.6) is 0 Å². The number of nitrogens with zero attached hydrogens (tertiary/aromatic N) is 1. The molecule has 16 heavy (non-hydrogen) atoms. The van der Waals surface area contributed by atoms with Crippen molar-refractivity contribution in [1.82, 2.24) is 4.67 Å². The highest BCUT2D eigenvalue weighted by molar-refractivity contribution is 8.69. The zero-order valence-corrected chi connectivity index (χ0v) is 13.9. The molecular weight excluding hydrogens is 277 g/mol. The molecule has 0 bridgehead atoms. The minimum Gasteiger partial charge on any atom is -0.326 e. The normalized spacial score (nSPS) is 16.5. The second-order valence-electron chi connectivity index (χ2n) is 3.66. The van der Waals surface area contributed by atoms with Gasteiger partial charge in [0, 0.05) is 12.3 Å². The van der Waals surface area contributed by atoms with Crippen molar-refractivity contribution in [2.45, 2.75) is 45.3 Å². The topological polar surface area (TPSA) is 12.5 Å². The van der Waals surface area contributed by atoms with E-state index in [0.717, 1.165) is 25.9 Å². The summed E-state index contributed by atoms with van der Waals surface area (Å²) < 4.78 is 7.82. The van der Waals surface area contributed by atoms with Crippen LogP contribution < -0.4 is 0 Å². The number of hydrogen-bond acceptors (Lipinski definition) is 4. The Bertz CT molecular complexity index is 250. The molecular formula is C10H22NOPS3. The van der Waals surface area contributed by atoms with Gasteiger partial charge in [-0.25, -0.2) is 0 Å². The van der Waals surface area contributed by atoms with Crippen molar-refractivity contribution in [3.63, 3.8) is 0 Å². The standard InChI is InChI=1S/C10H22NOPS3/c1-5-7-8-12-13(15,11(4)9-14)16-10(3)6-2/h9-10H,5-8H2,1-4H3. The number of rotatable bonds is 9. The third-order valence-corrected chi connectivity index (χ3v) is 9.84. The molecule has 2 unspecified atom stereocenters. The highest BCUT2D eigenvalue weighted by atomic mass is 32.9. The van der Waals surface area contributed by atoms with Crippen LogP contribution in [0.2, 0.25) is 0 Å². The van der Waals surface area contributed by atoms with Gasteiger partial charge in [-0.05, 0) is 24.6 Å². The summed E-state index contributed by atoms with van der Waals surface area (Å²) in [5.41, 5.74) is -0.376. The van der Waals surface area contributed by atoms with Crippen LogP contribution in [0, 0.1) is 0 Å². The molecule has 0 aliphatic heterocycles. The second-order valence-corrected chi connectivity index (χ2v) is 11.0. The Morgan fingerprint density at radius 2 is 2.12 bits per heavy atom. The van der Waals surface area contributed by atoms with Gasteiger partial charge in [-0.2, -0.15) is 0 Å². The van der Waals surface area contributed by atoms with E-state index in [-0.39, 0.29) is 0 Å². The average molecular weight is 299 g/mol. The molecule has 0 saturated carbocycles. The molecule has 2 nitrogen and oxygen atoms in total. The van der Waals surface area contributed by atoms with Crippen LogP contribution in [0.25, 0.3) is 0 Å². The van der Waals surface area contributed by atoms with Gasteiger partial charge in [0.2, 0.25) is 5.62 Å². The Morgan fingerprint density at radius 1 is 1.50 bits per heavy atom. The van der Waals surface area contributed by atoms with Crippen LogP contribution in [-0.2, 0) is 16.3 Å². The lowest BCUT2D eigenvalue weighted by molar-refractivity contribution is 0.335. The van der Waals surface area contributed by atoms with Gasteiger partial charge in [-0.15, -0.1) is 0 Å². The van der Waals surface area contributed by atoms with E-state index in [1.807, 2.05) is 11.7 Å². The monoisotopic (exact) mass is 299 g/mol. The zero-order chi connectivity index (χ0) is 12.6. The molecule has 6 heteroatoms. The van der Waals surface area contributed by atoms with Gasteiger partial charge in [0.05, 0.1) is 12.1 Å². The first-order chi connectivity index (χ1) is 7.50. The molecule has 0 heterocycles. The van der Waals surface area contributed by atoms with E-state index in [9.17, 15) is 0 Å². The van der Waals surface area contributed by atoms with Crippen molar-refractivity contribution in [3.05, 3.63) is 0 Å². The first-order valence-electron chi connectivity index (χ1n) is 5.61. The third-order valence-electron chi connectivity index (χ3n) is 2.18. The van der Waals surface area contributed by atoms with Crippen LogP contribution in [0.3, 0.4) is 0 Å². The minimum atomic E-state index is -1.99. The van der Waals surface area contributed by atoms with Crippen LogP contribution >= 0.6 is 29.2 Å². The quantitative estimate of drug-likeness (QED) is 0.353. The molecule has 0 aromatic heterocycles. The van der Waals surface area contributed by atoms with Crippen molar-refractivity contribution in [3.8, 4) is 0 Å². The summed E-state index contributed by atoms with van der Waals surface area (Å²) in [6.45, 7) is 7.25. The predicted molar refractivity (Wildman–Crippen MR) is 83.9 cm³/mol. The van der Waals surface area contributed by atoms with E-state index < -0.39 is 5.62 Å². The molecule has 0 fully saturated rings. The molecule has 0 aromatic rings. The lowest BCUT2D eigenvalue weighted by atomic mass is 10.4. The molecule has 0 saturated heterocycles. The van der Waals surface area contributed by atoms with Gasteiger partial charge in [-0.1, -0.05) is 50.8 Å². The Kier molecular flexibility index (Phi) is 9.34. The molecule has 2 atom stereocenters. The van der Waals surface area contributed by atoms with E-state index in [2.05, 4.69) is 20.8 Å². The fourth-order valence-corrected chi connectivity index (χ4v) is 7.60. The van der Waals surface area contributed by atoms with Crippen LogP contribution in [0.1, 0.15) is 40.0 Å². The fraction of sp³-hybridized carbons (Fsp3) is 0.900. The summed E-state index contributed by atoms with van der Waals surface area (Å²) in [7, 11) is 1.93. The van der Waals surface area contributed by atoms with E-state index in [0.29, 0.717) is 5.25 Å². The van der Waals surface area contributed by atoms with E-state index in [4.69, 9.17) is 28.5 Å². The maximum atomic E-state index is 5.91. The summed E-state index contributed by atoms with van der Waals surface area (Å²) in [5, 5.41) is 0.518. The highest BCUT2D eigenvalue weighted by Gasteiger charge is 2.25. The molecule has 0 aliphatic carbocycles. The molecule has 0 rings (SSSR count). The van der Waals surface area contributed by atoms with Crippen LogP contribution in [0.4, 0.5) is 0 Å². The molecule has 0 radical (unpaired) electrons. The molecule has 0 spiro atoms. The second kappa shape index (κ2) is 8.87. The summed E-state index contributed by atoms with van der Waals surface area (Å²) in [5.74, 6) is 0. The van der Waals surface area contributed by atoms with Crippen molar-refractivity contribution in [2.24, 2.45) is 0 Å². The summed E-state index contributed by atoms with van der Waals surface area (Å²) in [6.07, 6.45) is 3.29. The molecule has 0 aromatic carbocycles. The fourth-order valence-electron chi connectivity index (χ4n) is 0.880. The molecule has 96 valence electrons. The predicted octanol–water partition coefficient (Wildman–Crippen LogP) is 4.45. The first-order valence-corrected chi connectivity index (χ1v) is 10.2. The summed E-state index contributed by atoms with van der Waals surface area (Å²) in [4.78, 5) is 0. The van der Waals surface area contributed by atoms with Gasteiger partial charge < -0.3 is 9.19 Å². The largest absolute Gasteiger partial charge is 0.326 e. The number of hydrogen-bond donors (Lipinski definition) is 0. The smallest absolute Gasteiger partial charge is 0.213 e. The van der Waals surface area contributed by atoms with Gasteiger partial charge >= 0.3 is 0 Å². The SMILES string of the molecule is CCCCOP(=S)(SC(C)CC)N(C)C=S. The molecule has 0 amide bonds. The Labute approximate surface area is 114 Å². The average Bonchev–Trinajstić information content (AvgIpc) is 2.28.